The van der Waals surface area contributed by atoms with Crippen LogP contribution in [-0.2, 0) is 12.8 Å². The Balaban J connectivity index is 1.75. The molecule has 2 heterocycles. The van der Waals surface area contributed by atoms with Crippen LogP contribution in [0.25, 0.3) is 0 Å². The minimum atomic E-state index is -0.367. The van der Waals surface area contributed by atoms with Crippen LogP contribution in [0.1, 0.15) is 50.6 Å². The number of halogens is 1. The van der Waals surface area contributed by atoms with E-state index in [4.69, 9.17) is 4.42 Å². The van der Waals surface area contributed by atoms with Crippen molar-refractivity contribution >= 4 is 17.4 Å². The lowest BCUT2D eigenvalue weighted by molar-refractivity contribution is 0.0950. The Morgan fingerprint density at radius 1 is 1.26 bits per heavy atom. The Morgan fingerprint density at radius 3 is 2.87 bits per heavy atom. The third-order valence-corrected chi connectivity index (χ3v) is 4.69. The summed E-state index contributed by atoms with van der Waals surface area (Å²) < 4.78 is 19.2. The summed E-state index contributed by atoms with van der Waals surface area (Å²) in [5.41, 5.74) is 2.72. The summed E-state index contributed by atoms with van der Waals surface area (Å²) in [4.78, 5) is 26.5. The van der Waals surface area contributed by atoms with E-state index in [2.05, 4.69) is 0 Å². The molecular formula is C18H16FNO3. The van der Waals surface area contributed by atoms with E-state index in [9.17, 15) is 14.0 Å². The molecule has 0 atom stereocenters. The number of carbonyl (C=O) groups excluding carboxylic acids is 2. The highest BCUT2D eigenvalue weighted by Gasteiger charge is 2.33. The van der Waals surface area contributed by atoms with Crippen molar-refractivity contribution in [3.63, 3.8) is 0 Å². The molecule has 0 saturated carbocycles. The molecule has 1 aromatic carbocycles. The van der Waals surface area contributed by atoms with Gasteiger partial charge in [0.05, 0.1) is 11.3 Å². The minimum absolute atomic E-state index is 0.0411. The number of aryl methyl sites for hydroxylation is 1. The van der Waals surface area contributed by atoms with E-state index in [0.29, 0.717) is 48.4 Å². The van der Waals surface area contributed by atoms with Crippen molar-refractivity contribution in [3.05, 3.63) is 52.2 Å². The lowest BCUT2D eigenvalue weighted by atomic mass is 9.94. The number of fused-ring (bicyclic) bond motifs is 2. The second-order valence-electron chi connectivity index (χ2n) is 6.11. The number of carbonyl (C=O) groups is 2. The molecule has 4 nitrogen and oxygen atoms in total. The second-order valence-corrected chi connectivity index (χ2v) is 6.11. The first-order chi connectivity index (χ1) is 11.1. The number of benzene rings is 1. The van der Waals surface area contributed by atoms with E-state index in [1.807, 2.05) is 0 Å². The number of furan rings is 1. The molecule has 1 amide bonds. The average Bonchev–Trinajstić information content (AvgIpc) is 3.08. The van der Waals surface area contributed by atoms with Crippen molar-refractivity contribution in [1.29, 1.82) is 0 Å². The van der Waals surface area contributed by atoms with Crippen molar-refractivity contribution in [3.8, 4) is 0 Å². The van der Waals surface area contributed by atoms with Gasteiger partial charge in [0.2, 0.25) is 0 Å². The second kappa shape index (κ2) is 5.05. The van der Waals surface area contributed by atoms with E-state index in [-0.39, 0.29) is 23.3 Å². The smallest absolute Gasteiger partial charge is 0.294 e. The van der Waals surface area contributed by atoms with E-state index in [1.54, 1.807) is 17.9 Å². The van der Waals surface area contributed by atoms with Crippen LogP contribution >= 0.6 is 0 Å². The van der Waals surface area contributed by atoms with Gasteiger partial charge in [-0.15, -0.1) is 0 Å². The Morgan fingerprint density at radius 2 is 2.09 bits per heavy atom. The van der Waals surface area contributed by atoms with E-state index in [0.717, 1.165) is 12.0 Å². The summed E-state index contributed by atoms with van der Waals surface area (Å²) in [5, 5.41) is 0. The summed E-state index contributed by atoms with van der Waals surface area (Å²) in [6.07, 6.45) is 2.63. The van der Waals surface area contributed by atoms with Gasteiger partial charge in [-0.2, -0.15) is 0 Å². The van der Waals surface area contributed by atoms with Gasteiger partial charge in [0.1, 0.15) is 11.6 Å². The van der Waals surface area contributed by atoms with Crippen molar-refractivity contribution in [2.24, 2.45) is 0 Å². The van der Waals surface area contributed by atoms with Crippen molar-refractivity contribution < 1.29 is 18.4 Å². The fraction of sp³-hybridized carbons (Fsp3) is 0.333. The van der Waals surface area contributed by atoms with Crippen molar-refractivity contribution in [2.45, 2.75) is 32.6 Å². The van der Waals surface area contributed by atoms with Gasteiger partial charge in [-0.3, -0.25) is 9.59 Å². The molecule has 0 radical (unpaired) electrons. The number of hydrogen-bond acceptors (Lipinski definition) is 3. The number of ketones is 1. The van der Waals surface area contributed by atoms with Gasteiger partial charge < -0.3 is 9.32 Å². The molecule has 2 aromatic rings. The van der Waals surface area contributed by atoms with Gasteiger partial charge in [0.25, 0.3) is 5.91 Å². The highest BCUT2D eigenvalue weighted by molar-refractivity contribution is 6.09. The van der Waals surface area contributed by atoms with Crippen LogP contribution in [0, 0.1) is 12.7 Å². The van der Waals surface area contributed by atoms with Crippen LogP contribution in [0.5, 0.6) is 0 Å². The van der Waals surface area contributed by atoms with Gasteiger partial charge in [-0.05, 0) is 37.5 Å². The van der Waals surface area contributed by atoms with E-state index < -0.39 is 0 Å². The van der Waals surface area contributed by atoms with Gasteiger partial charge in [-0.1, -0.05) is 6.07 Å². The molecule has 23 heavy (non-hydrogen) atoms. The molecule has 2 aliphatic rings. The Kier molecular flexibility index (Phi) is 3.11. The number of rotatable bonds is 1. The highest BCUT2D eigenvalue weighted by atomic mass is 19.1. The number of nitrogens with zero attached hydrogens (tertiary/aromatic N) is 1. The third-order valence-electron chi connectivity index (χ3n) is 4.69. The zero-order valence-electron chi connectivity index (χ0n) is 12.8. The summed E-state index contributed by atoms with van der Waals surface area (Å²) >= 11 is 0. The molecule has 1 aliphatic carbocycles. The summed E-state index contributed by atoms with van der Waals surface area (Å²) in [5.74, 6) is 0.200. The van der Waals surface area contributed by atoms with Gasteiger partial charge in [0, 0.05) is 24.9 Å². The molecule has 5 heteroatoms. The number of amides is 1. The molecule has 0 unspecified atom stereocenters. The predicted octanol–water partition coefficient (Wildman–Crippen LogP) is 3.45. The van der Waals surface area contributed by atoms with Crippen LogP contribution in [-0.4, -0.2) is 18.2 Å². The van der Waals surface area contributed by atoms with Crippen LogP contribution in [0.2, 0.25) is 0 Å². The third kappa shape index (κ3) is 2.11. The first kappa shape index (κ1) is 14.2. The van der Waals surface area contributed by atoms with E-state index in [1.165, 1.54) is 12.1 Å². The van der Waals surface area contributed by atoms with E-state index >= 15 is 0 Å². The van der Waals surface area contributed by atoms with Gasteiger partial charge in [0.15, 0.2) is 11.5 Å². The standard InChI is InChI=1S/C18H16FNO3/c1-10-16-14(21)3-2-4-15(16)23-17(10)18(22)20-8-7-11-5-6-12(19)9-13(11)20/h5-6,9H,2-4,7-8H2,1H3. The molecule has 0 N–H and O–H groups in total. The Hall–Kier alpha value is -2.43. The lowest BCUT2D eigenvalue weighted by Crippen LogP contribution is -2.29. The number of anilines is 1. The molecule has 118 valence electrons. The quantitative estimate of drug-likeness (QED) is 0.810. The monoisotopic (exact) mass is 313 g/mol. The zero-order chi connectivity index (χ0) is 16.1. The maximum Gasteiger partial charge on any atom is 0.294 e. The fourth-order valence-electron chi connectivity index (χ4n) is 3.54. The van der Waals surface area contributed by atoms with Gasteiger partial charge >= 0.3 is 0 Å². The first-order valence-corrected chi connectivity index (χ1v) is 7.82. The highest BCUT2D eigenvalue weighted by Crippen LogP contribution is 2.34. The summed E-state index contributed by atoms with van der Waals surface area (Å²) in [7, 11) is 0. The maximum absolute atomic E-state index is 13.5. The molecule has 0 spiro atoms. The molecule has 1 aromatic heterocycles. The maximum atomic E-state index is 13.5. The van der Waals surface area contributed by atoms with Crippen molar-refractivity contribution in [1.82, 2.24) is 0 Å². The van der Waals surface area contributed by atoms with Crippen LogP contribution in [0.4, 0.5) is 10.1 Å². The number of Topliss-reactive ketones (excluding diaryl/α,β-unsaturated/α-hetero) is 1. The molecule has 0 bridgehead atoms. The predicted molar refractivity (Wildman–Crippen MR) is 82.5 cm³/mol. The molecule has 1 aliphatic heterocycles. The largest absolute Gasteiger partial charge is 0.455 e. The number of hydrogen-bond donors (Lipinski definition) is 0. The summed E-state index contributed by atoms with van der Waals surface area (Å²) in [6, 6.07) is 4.49. The first-order valence-electron chi connectivity index (χ1n) is 7.82. The topological polar surface area (TPSA) is 50.5 Å². The summed E-state index contributed by atoms with van der Waals surface area (Å²) in [6.45, 7) is 2.25. The Labute approximate surface area is 132 Å². The fourth-order valence-corrected chi connectivity index (χ4v) is 3.54. The lowest BCUT2D eigenvalue weighted by Gasteiger charge is -2.16. The van der Waals surface area contributed by atoms with Crippen LogP contribution < -0.4 is 4.90 Å². The van der Waals surface area contributed by atoms with Crippen molar-refractivity contribution in [2.75, 3.05) is 11.4 Å². The van der Waals surface area contributed by atoms with Gasteiger partial charge in [-0.25, -0.2) is 4.39 Å². The normalized spacial score (nSPS) is 16.4. The molecular weight excluding hydrogens is 297 g/mol. The Bertz CT molecular complexity index is 837. The SMILES string of the molecule is Cc1c(C(=O)N2CCc3ccc(F)cc32)oc2c1C(=O)CCC2. The van der Waals surface area contributed by atoms with Crippen LogP contribution in [0.3, 0.4) is 0 Å². The van der Waals surface area contributed by atoms with Crippen LogP contribution in [0.15, 0.2) is 22.6 Å². The zero-order valence-corrected chi connectivity index (χ0v) is 12.8. The molecule has 0 fully saturated rings. The molecule has 0 saturated heterocycles. The average molecular weight is 313 g/mol. The minimum Gasteiger partial charge on any atom is -0.455 e. The molecule has 4 rings (SSSR count).